The van der Waals surface area contributed by atoms with Gasteiger partial charge in [-0.25, -0.2) is 0 Å². The third kappa shape index (κ3) is 10.9. The fourth-order valence-electron chi connectivity index (χ4n) is 8.23. The van der Waals surface area contributed by atoms with Gasteiger partial charge in [-0.05, 0) is 184 Å². The van der Waals surface area contributed by atoms with Crippen molar-refractivity contribution in [3.05, 3.63) is 259 Å². The highest BCUT2D eigenvalue weighted by Gasteiger charge is 2.20. The van der Waals surface area contributed by atoms with Crippen molar-refractivity contribution in [2.24, 2.45) is 0 Å². The van der Waals surface area contributed by atoms with Gasteiger partial charge in [0.25, 0.3) is 0 Å². The van der Waals surface area contributed by atoms with E-state index in [2.05, 4.69) is 277 Å². The van der Waals surface area contributed by atoms with Gasteiger partial charge < -0.3 is 19.6 Å². The lowest BCUT2D eigenvalue weighted by atomic mass is 10.1. The van der Waals surface area contributed by atoms with Crippen LogP contribution in [0.5, 0.6) is 0 Å². The van der Waals surface area contributed by atoms with E-state index in [4.69, 9.17) is 0 Å². The zero-order valence-electron chi connectivity index (χ0n) is 39.5. The van der Waals surface area contributed by atoms with Gasteiger partial charge >= 0.3 is 0 Å². The third-order valence-electron chi connectivity index (χ3n) is 11.2. The van der Waals surface area contributed by atoms with E-state index in [1.807, 2.05) is 27.7 Å². The van der Waals surface area contributed by atoms with E-state index in [0.29, 0.717) is 0 Å². The summed E-state index contributed by atoms with van der Waals surface area (Å²) in [6.45, 7) is 14.5. The molecule has 0 fully saturated rings. The van der Waals surface area contributed by atoms with Crippen molar-refractivity contribution < 1.29 is 0 Å². The van der Waals surface area contributed by atoms with Crippen molar-refractivity contribution in [1.29, 1.82) is 0 Å². The number of para-hydroxylation sites is 3. The van der Waals surface area contributed by atoms with Gasteiger partial charge in [-0.1, -0.05) is 124 Å². The van der Waals surface area contributed by atoms with Crippen molar-refractivity contribution in [2.45, 2.75) is 54.9 Å². The zero-order chi connectivity index (χ0) is 46.3. The third-order valence-corrected chi connectivity index (χ3v) is 11.2. The second-order valence-corrected chi connectivity index (χ2v) is 15.8. The highest BCUT2D eigenvalue weighted by atomic mass is 15.2. The quantitative estimate of drug-likeness (QED) is 0.121. The van der Waals surface area contributed by atoms with Crippen LogP contribution < -0.4 is 19.6 Å². The topological polar surface area (TPSA) is 13.0 Å². The van der Waals surface area contributed by atoms with Gasteiger partial charge in [0.2, 0.25) is 0 Å². The molecule has 4 nitrogen and oxygen atoms in total. The molecule has 8 aromatic rings. The summed E-state index contributed by atoms with van der Waals surface area (Å²) < 4.78 is 0. The van der Waals surface area contributed by atoms with Crippen LogP contribution in [0.3, 0.4) is 0 Å². The predicted octanol–water partition coefficient (Wildman–Crippen LogP) is 18.7. The molecule has 0 saturated carbocycles. The van der Waals surface area contributed by atoms with Crippen LogP contribution in [0.25, 0.3) is 0 Å². The molecule has 0 atom stereocenters. The Labute approximate surface area is 394 Å². The molecule has 0 saturated heterocycles. The highest BCUT2D eigenvalue weighted by molar-refractivity contribution is 5.84. The lowest BCUT2D eigenvalue weighted by Gasteiger charge is -2.30. The summed E-state index contributed by atoms with van der Waals surface area (Å²) in [5.41, 5.74) is 16.9. The second-order valence-electron chi connectivity index (χ2n) is 15.8. The molecule has 8 aromatic carbocycles. The maximum atomic E-state index is 2.35. The molecule has 330 valence electrons. The number of allylic oxidation sites excluding steroid dienone is 5. The first-order valence-corrected chi connectivity index (χ1v) is 23.3. The standard InChI is InChI=1S/C58H50N4.2C2H6/c1-44-17-13-14-26-56(41-44)60(47-20-7-4-8-21-47)53-35-29-50(30-36-53)59(51-31-37-54(38-32-51)61(48-22-9-5-10-23-48)57-27-15-18-45(2)42-57)52-33-39-55(40-34-52)62(49-24-11-6-12-25-49)58-28-16-19-46(3)43-58;2*1-2/h4-16,18-43H,17H2,1-3H3;2*1-2H3. The molecule has 0 spiro atoms. The first kappa shape index (κ1) is 46.2. The van der Waals surface area contributed by atoms with Crippen LogP contribution in [0.2, 0.25) is 0 Å². The fourth-order valence-corrected chi connectivity index (χ4v) is 8.23. The van der Waals surface area contributed by atoms with Crippen LogP contribution >= 0.6 is 0 Å². The first-order chi connectivity index (χ1) is 32.5. The van der Waals surface area contributed by atoms with Crippen molar-refractivity contribution in [3.63, 3.8) is 0 Å². The van der Waals surface area contributed by atoms with Crippen LogP contribution in [0.4, 0.5) is 62.6 Å². The summed E-state index contributed by atoms with van der Waals surface area (Å²) in [5.74, 6) is 0. The Kier molecular flexibility index (Phi) is 15.9. The number of hydrogen-bond acceptors (Lipinski definition) is 4. The molecule has 0 amide bonds. The normalized spacial score (nSPS) is 11.6. The van der Waals surface area contributed by atoms with Gasteiger partial charge in [-0.15, -0.1) is 0 Å². The van der Waals surface area contributed by atoms with Gasteiger partial charge in [0.15, 0.2) is 0 Å². The number of aryl methyl sites for hydroxylation is 2. The molecular formula is C62H62N4. The van der Waals surface area contributed by atoms with Crippen molar-refractivity contribution in [2.75, 3.05) is 19.6 Å². The number of benzene rings is 8. The molecule has 0 radical (unpaired) electrons. The summed E-state index contributed by atoms with van der Waals surface area (Å²) in [6, 6.07) is 76.0. The summed E-state index contributed by atoms with van der Waals surface area (Å²) in [6.07, 6.45) is 9.83. The monoisotopic (exact) mass is 862 g/mol. The van der Waals surface area contributed by atoms with E-state index in [-0.39, 0.29) is 0 Å². The minimum atomic E-state index is 0.941. The van der Waals surface area contributed by atoms with Gasteiger partial charge in [0.05, 0.1) is 0 Å². The highest BCUT2D eigenvalue weighted by Crippen LogP contribution is 2.42. The van der Waals surface area contributed by atoms with Crippen molar-refractivity contribution in [1.82, 2.24) is 0 Å². The van der Waals surface area contributed by atoms with Crippen molar-refractivity contribution in [3.8, 4) is 0 Å². The Morgan fingerprint density at radius 2 is 0.591 bits per heavy atom. The largest absolute Gasteiger partial charge is 0.311 e. The van der Waals surface area contributed by atoms with Gasteiger partial charge in [0, 0.05) is 68.3 Å². The molecule has 0 heterocycles. The maximum absolute atomic E-state index is 2.35. The summed E-state index contributed by atoms with van der Waals surface area (Å²) in [7, 11) is 0. The van der Waals surface area contributed by atoms with E-state index in [1.54, 1.807) is 0 Å². The van der Waals surface area contributed by atoms with Crippen LogP contribution in [0.1, 0.15) is 52.2 Å². The number of rotatable bonds is 12. The molecule has 0 N–H and O–H groups in total. The molecule has 0 unspecified atom stereocenters. The lowest BCUT2D eigenvalue weighted by Crippen LogP contribution is -2.16. The molecule has 4 heteroatoms. The van der Waals surface area contributed by atoms with E-state index in [9.17, 15) is 0 Å². The summed E-state index contributed by atoms with van der Waals surface area (Å²) in [5, 5.41) is 0. The van der Waals surface area contributed by atoms with Crippen LogP contribution in [0.15, 0.2) is 248 Å². The number of anilines is 11. The maximum Gasteiger partial charge on any atom is 0.0464 e. The Morgan fingerprint density at radius 1 is 0.303 bits per heavy atom. The Balaban J connectivity index is 0.00000158. The number of hydrogen-bond donors (Lipinski definition) is 0. The summed E-state index contributed by atoms with van der Waals surface area (Å²) >= 11 is 0. The molecular weight excluding hydrogens is 801 g/mol. The average Bonchev–Trinajstić information content (AvgIpc) is 3.59. The van der Waals surface area contributed by atoms with Gasteiger partial charge in [0.1, 0.15) is 0 Å². The Morgan fingerprint density at radius 3 is 0.939 bits per heavy atom. The van der Waals surface area contributed by atoms with E-state index in [0.717, 1.165) is 74.7 Å². The molecule has 1 aliphatic carbocycles. The first-order valence-electron chi connectivity index (χ1n) is 23.3. The molecule has 66 heavy (non-hydrogen) atoms. The zero-order valence-corrected chi connectivity index (χ0v) is 39.5. The van der Waals surface area contributed by atoms with Crippen molar-refractivity contribution >= 4 is 62.6 Å². The Bertz CT molecular complexity index is 2690. The van der Waals surface area contributed by atoms with Crippen LogP contribution in [-0.2, 0) is 0 Å². The minimum Gasteiger partial charge on any atom is -0.311 e. The van der Waals surface area contributed by atoms with Crippen LogP contribution in [0, 0.1) is 13.8 Å². The SMILES string of the molecule is CC.CC.CC1=CC(N(c2ccccc2)c2ccc(N(c3ccc(N(c4ccccc4)c4cccc(C)c4)cc3)c3ccc(N(c4ccccc4)c4cccc(C)c4)cc3)cc2)=CC=CC1. The molecule has 9 rings (SSSR count). The minimum absolute atomic E-state index is 0.941. The molecule has 1 aliphatic rings. The smallest absolute Gasteiger partial charge is 0.0464 e. The van der Waals surface area contributed by atoms with Gasteiger partial charge in [-0.3, -0.25) is 0 Å². The van der Waals surface area contributed by atoms with Gasteiger partial charge in [-0.2, -0.15) is 0 Å². The van der Waals surface area contributed by atoms with E-state index < -0.39 is 0 Å². The number of nitrogens with zero attached hydrogens (tertiary/aromatic N) is 4. The lowest BCUT2D eigenvalue weighted by molar-refractivity contribution is 1.17. The van der Waals surface area contributed by atoms with E-state index >= 15 is 0 Å². The average molecular weight is 863 g/mol. The second kappa shape index (κ2) is 22.7. The summed E-state index contributed by atoms with van der Waals surface area (Å²) in [4.78, 5) is 9.32. The predicted molar refractivity (Wildman–Crippen MR) is 287 cm³/mol. The van der Waals surface area contributed by atoms with E-state index in [1.165, 1.54) is 16.7 Å². The van der Waals surface area contributed by atoms with Crippen LogP contribution in [-0.4, -0.2) is 0 Å². The molecule has 0 bridgehead atoms. The fraction of sp³-hybridized carbons (Fsp3) is 0.129. The molecule has 0 aliphatic heterocycles. The molecule has 0 aromatic heterocycles. The Hall–Kier alpha value is -7.82.